The Morgan fingerprint density at radius 3 is 2.45 bits per heavy atom. The van der Waals surface area contributed by atoms with Crippen LogP contribution in [0.4, 0.5) is 0 Å². The van der Waals surface area contributed by atoms with Crippen molar-refractivity contribution >= 4 is 29.5 Å². The lowest BCUT2D eigenvalue weighted by molar-refractivity contribution is -0.262. The van der Waals surface area contributed by atoms with E-state index in [1.165, 1.54) is 13.8 Å². The third kappa shape index (κ3) is 3.36. The monoisotopic (exact) mass is 482 g/mol. The van der Waals surface area contributed by atoms with Crippen molar-refractivity contribution in [3.05, 3.63) is 23.8 Å². The number of carbonyl (C=O) groups excluding carboxylic acids is 3. The summed E-state index contributed by atoms with van der Waals surface area (Å²) >= 11 is 6.72. The molecular formula is C24H31ClO8. The number of aliphatic hydroxyl groups is 1. The molecule has 0 radical (unpaired) electrons. The molecular weight excluding hydrogens is 452 g/mol. The zero-order valence-electron chi connectivity index (χ0n) is 19.5. The van der Waals surface area contributed by atoms with Crippen molar-refractivity contribution < 1.29 is 38.4 Å². The molecule has 4 aliphatic rings. The Morgan fingerprint density at radius 1 is 1.24 bits per heavy atom. The molecule has 0 aromatic rings. The molecule has 0 amide bonds. The van der Waals surface area contributed by atoms with Gasteiger partial charge in [-0.3, -0.25) is 14.4 Å². The second-order valence-corrected chi connectivity index (χ2v) is 10.4. The smallest absolute Gasteiger partial charge is 0.312 e. The molecule has 1 spiro atoms. The Balaban J connectivity index is 1.95. The predicted octanol–water partition coefficient (Wildman–Crippen LogP) is 2.45. The molecule has 1 aliphatic carbocycles. The van der Waals surface area contributed by atoms with Crippen LogP contribution >= 0.6 is 11.6 Å². The van der Waals surface area contributed by atoms with Crippen molar-refractivity contribution in [2.75, 3.05) is 0 Å². The fourth-order valence-electron chi connectivity index (χ4n) is 6.42. The van der Waals surface area contributed by atoms with Gasteiger partial charge >= 0.3 is 17.9 Å². The summed E-state index contributed by atoms with van der Waals surface area (Å²) in [6.45, 7) is 12.1. The van der Waals surface area contributed by atoms with Crippen LogP contribution in [0.15, 0.2) is 23.8 Å². The number of aliphatic hydroxyl groups excluding tert-OH is 1. The summed E-state index contributed by atoms with van der Waals surface area (Å²) in [5, 5.41) is 11.3. The Morgan fingerprint density at radius 2 is 1.85 bits per heavy atom. The predicted molar refractivity (Wildman–Crippen MR) is 117 cm³/mol. The van der Waals surface area contributed by atoms with Gasteiger partial charge in [-0.25, -0.2) is 0 Å². The van der Waals surface area contributed by atoms with E-state index in [0.717, 1.165) is 5.57 Å². The summed E-state index contributed by atoms with van der Waals surface area (Å²) in [6, 6.07) is 0. The number of rotatable bonds is 2. The summed E-state index contributed by atoms with van der Waals surface area (Å²) in [6.07, 6.45) is -1.88. The standard InChI is InChI=1S/C24H31ClO8/c1-10-7-8-16(30-13(4)26)23(6)17(31-14(5)27)9-15-11(2)19(25)21-24(33-15,20(28)18(10)23)12(3)22(29)32-21/h7,12,15-21,28H,2,8-9H2,1,3-6H3/t12-,15+,16-,17-,18+,19-,20+,21-,23+,24+/m0/s1. The van der Waals surface area contributed by atoms with E-state index in [2.05, 4.69) is 6.58 Å². The molecule has 1 N–H and O–H groups in total. The van der Waals surface area contributed by atoms with Gasteiger partial charge in [-0.2, -0.15) is 0 Å². The highest BCUT2D eigenvalue weighted by molar-refractivity contribution is 6.23. The number of carbonyl (C=O) groups is 3. The second-order valence-electron chi connectivity index (χ2n) is 9.92. The molecule has 3 saturated heterocycles. The van der Waals surface area contributed by atoms with Crippen LogP contribution in [0.3, 0.4) is 0 Å². The fraction of sp³-hybridized carbons (Fsp3) is 0.708. The van der Waals surface area contributed by atoms with Crippen LogP contribution in [0, 0.1) is 17.3 Å². The summed E-state index contributed by atoms with van der Waals surface area (Å²) in [5.41, 5.74) is -1.14. The first-order valence-corrected chi connectivity index (χ1v) is 11.7. The number of halogens is 1. The molecule has 8 nitrogen and oxygen atoms in total. The average Bonchev–Trinajstić information content (AvgIpc) is 2.98. The van der Waals surface area contributed by atoms with Crippen LogP contribution < -0.4 is 0 Å². The lowest BCUT2D eigenvalue weighted by Crippen LogP contribution is -2.71. The fourth-order valence-corrected chi connectivity index (χ4v) is 6.81. The van der Waals surface area contributed by atoms with Gasteiger partial charge < -0.3 is 24.1 Å². The van der Waals surface area contributed by atoms with E-state index in [0.29, 0.717) is 12.0 Å². The summed E-state index contributed by atoms with van der Waals surface area (Å²) in [7, 11) is 0. The minimum Gasteiger partial charge on any atom is -0.462 e. The van der Waals surface area contributed by atoms with E-state index >= 15 is 0 Å². The lowest BCUT2D eigenvalue weighted by atomic mass is 9.54. The van der Waals surface area contributed by atoms with Crippen molar-refractivity contribution in [1.82, 2.24) is 0 Å². The number of esters is 3. The van der Waals surface area contributed by atoms with E-state index in [-0.39, 0.29) is 6.42 Å². The summed E-state index contributed by atoms with van der Waals surface area (Å²) in [4.78, 5) is 36.9. The van der Waals surface area contributed by atoms with Crippen LogP contribution in [0.2, 0.25) is 0 Å². The highest BCUT2D eigenvalue weighted by Gasteiger charge is 2.72. The van der Waals surface area contributed by atoms with Gasteiger partial charge in [-0.15, -0.1) is 11.6 Å². The molecule has 0 aromatic carbocycles. The quantitative estimate of drug-likeness (QED) is 0.277. The zero-order chi connectivity index (χ0) is 24.5. The number of hydrogen-bond acceptors (Lipinski definition) is 8. The topological polar surface area (TPSA) is 108 Å². The van der Waals surface area contributed by atoms with Crippen molar-refractivity contribution in [1.29, 1.82) is 0 Å². The van der Waals surface area contributed by atoms with E-state index in [4.69, 9.17) is 30.5 Å². The lowest BCUT2D eigenvalue weighted by Gasteiger charge is -2.59. The maximum atomic E-state index is 12.7. The first kappa shape index (κ1) is 24.2. The normalized spacial score (nSPS) is 46.7. The third-order valence-electron chi connectivity index (χ3n) is 8.12. The number of hydrogen-bond donors (Lipinski definition) is 1. The SMILES string of the molecule is C=C1[C@H]2C[C@H](OC(C)=O)[C@@]3(C)[C@@H](OC(C)=O)CC=C(C)[C@@H]3[C@@H](O)[C@]3(O2)[C@@H](C)C(=O)O[C@H]3[C@H]1Cl. The molecule has 3 heterocycles. The Bertz CT molecular complexity index is 929. The molecule has 0 saturated carbocycles. The number of fused-ring (bicyclic) bond motifs is 2. The Hall–Kier alpha value is -1.90. The zero-order valence-corrected chi connectivity index (χ0v) is 20.3. The van der Waals surface area contributed by atoms with Crippen LogP contribution in [0.1, 0.15) is 47.5 Å². The molecule has 10 atom stereocenters. The number of alkyl halides is 1. The van der Waals surface area contributed by atoms with Crippen molar-refractivity contribution in [3.8, 4) is 0 Å². The van der Waals surface area contributed by atoms with Crippen LogP contribution in [-0.4, -0.2) is 64.5 Å². The molecule has 3 fully saturated rings. The number of ether oxygens (including phenoxy) is 4. The van der Waals surface area contributed by atoms with Gasteiger partial charge in [0.2, 0.25) is 0 Å². The van der Waals surface area contributed by atoms with Gasteiger partial charge in [0.1, 0.15) is 17.8 Å². The van der Waals surface area contributed by atoms with Crippen LogP contribution in [0.5, 0.6) is 0 Å². The van der Waals surface area contributed by atoms with Crippen LogP contribution in [-0.2, 0) is 33.3 Å². The van der Waals surface area contributed by atoms with E-state index in [1.807, 2.05) is 19.9 Å². The largest absolute Gasteiger partial charge is 0.462 e. The molecule has 3 aliphatic heterocycles. The van der Waals surface area contributed by atoms with Gasteiger partial charge in [0.15, 0.2) is 6.10 Å². The van der Waals surface area contributed by atoms with Gasteiger partial charge in [0.25, 0.3) is 0 Å². The molecule has 2 bridgehead atoms. The maximum absolute atomic E-state index is 12.7. The van der Waals surface area contributed by atoms with E-state index in [9.17, 15) is 19.5 Å². The highest BCUT2D eigenvalue weighted by Crippen LogP contribution is 2.59. The third-order valence-corrected chi connectivity index (χ3v) is 8.63. The average molecular weight is 483 g/mol. The maximum Gasteiger partial charge on any atom is 0.312 e. The molecule has 182 valence electrons. The van der Waals surface area contributed by atoms with Crippen molar-refractivity contribution in [2.45, 2.75) is 89.0 Å². The second kappa shape index (κ2) is 8.10. The van der Waals surface area contributed by atoms with E-state index in [1.54, 1.807) is 6.92 Å². The van der Waals surface area contributed by atoms with Gasteiger partial charge in [0.05, 0.1) is 28.9 Å². The van der Waals surface area contributed by atoms with Gasteiger partial charge in [-0.05, 0) is 19.4 Å². The molecule has 9 heteroatoms. The highest BCUT2D eigenvalue weighted by atomic mass is 35.5. The molecule has 0 unspecified atom stereocenters. The van der Waals surface area contributed by atoms with Crippen molar-refractivity contribution in [2.24, 2.45) is 17.3 Å². The summed E-state index contributed by atoms with van der Waals surface area (Å²) < 4.78 is 23.6. The molecule has 4 rings (SSSR count). The van der Waals surface area contributed by atoms with Gasteiger partial charge in [0, 0.05) is 32.6 Å². The summed E-state index contributed by atoms with van der Waals surface area (Å²) in [5.74, 6) is -2.96. The van der Waals surface area contributed by atoms with Crippen molar-refractivity contribution in [3.63, 3.8) is 0 Å². The van der Waals surface area contributed by atoms with E-state index < -0.39 is 76.7 Å². The van der Waals surface area contributed by atoms with Gasteiger partial charge in [-0.1, -0.05) is 25.2 Å². The van der Waals surface area contributed by atoms with Crippen LogP contribution in [0.25, 0.3) is 0 Å². The molecule has 33 heavy (non-hydrogen) atoms. The Labute approximate surface area is 198 Å². The minimum atomic E-state index is -1.43. The minimum absolute atomic E-state index is 0.182. The first-order chi connectivity index (χ1) is 15.3. The molecule has 0 aromatic heterocycles. The Kier molecular flexibility index (Phi) is 5.95. The first-order valence-electron chi connectivity index (χ1n) is 11.3.